The molecule has 3 aliphatic heterocycles. The summed E-state index contributed by atoms with van der Waals surface area (Å²) in [6.07, 6.45) is 13.8. The van der Waals surface area contributed by atoms with Gasteiger partial charge in [-0.3, -0.25) is 0 Å². The highest BCUT2D eigenvalue weighted by atomic mass is 32.2. The maximum absolute atomic E-state index is 10.4. The highest BCUT2D eigenvalue weighted by molar-refractivity contribution is 8.16. The molecule has 0 aromatic rings. The molecule has 0 amide bonds. The minimum Gasteiger partial charge on any atom is -0.494 e. The number of allylic oxidation sites excluding steroid dienone is 1. The largest absolute Gasteiger partial charge is 0.494 e. The summed E-state index contributed by atoms with van der Waals surface area (Å²) in [6.45, 7) is 24.3. The first kappa shape index (κ1) is 46.3. The van der Waals surface area contributed by atoms with E-state index in [4.69, 9.17) is 40.2 Å². The van der Waals surface area contributed by atoms with Crippen molar-refractivity contribution in [2.45, 2.75) is 141 Å². The number of aliphatic hydroxyl groups excluding tert-OH is 2. The van der Waals surface area contributed by atoms with Crippen molar-refractivity contribution in [1.82, 2.24) is 0 Å². The zero-order valence-electron chi connectivity index (χ0n) is 36.9. The van der Waals surface area contributed by atoms with E-state index in [1.807, 2.05) is 45.9 Å². The SMILES string of the molecule is [3H][B]SOCC(C)(C)C1(OC)O[C@H](CC=C)CCC1O.[3H][B]SOCC(C)(C)C1=CCC[C@@H](CC=C)O1.[3H][B]SOCC(C)(C)[C@]1(OC)O[C@H](CC=C)CCC1O. The van der Waals surface area contributed by atoms with Crippen molar-refractivity contribution >= 4 is 56.9 Å². The molecule has 3 radical (unpaired) electrons. The first-order valence-electron chi connectivity index (χ1n) is 20.2. The van der Waals surface area contributed by atoms with Crippen LogP contribution in [-0.4, -0.2) is 112 Å². The van der Waals surface area contributed by atoms with Crippen molar-refractivity contribution in [1.29, 1.82) is 4.01 Å². The van der Waals surface area contributed by atoms with Gasteiger partial charge in [-0.15, -0.1) is 19.7 Å². The van der Waals surface area contributed by atoms with E-state index in [9.17, 15) is 10.2 Å². The molecule has 307 valence electrons. The standard InChI is InChI=1S/2C13H24BO4S.C12H20BO2S/c2*1-5-6-10-7-8-11(15)13(16-4,18-10)12(2,3)9-17-19-14;1-4-6-10-7-5-8-11(15-10)12(2,3)9-14-16-13/h2*5,10-11,14-15H,1,6-9H2,2-4H3;4,8,10,13H,1,5-7,9H2,2-3H3/t10-,11?,13?;10-,11?,13-;10-/m111/s1/i2*14T;13T. The molecule has 3 unspecified atom stereocenters. The highest BCUT2D eigenvalue weighted by Gasteiger charge is 2.56. The van der Waals surface area contributed by atoms with Gasteiger partial charge in [0.25, 0.3) is 0 Å². The van der Waals surface area contributed by atoms with Gasteiger partial charge in [-0.1, -0.05) is 95.5 Å². The van der Waals surface area contributed by atoms with Crippen LogP contribution >= 0.6 is 35.7 Å². The van der Waals surface area contributed by atoms with Crippen LogP contribution < -0.4 is 0 Å². The van der Waals surface area contributed by atoms with Crippen LogP contribution in [0.4, 0.5) is 0 Å². The molecule has 0 aromatic heterocycles. The quantitative estimate of drug-likeness (QED) is 0.0477. The molecule has 0 saturated carbocycles. The summed E-state index contributed by atoms with van der Waals surface area (Å²) in [5.41, 5.74) is -1.26. The second kappa shape index (κ2) is 25.2. The maximum Gasteiger partial charge on any atom is 0.209 e. The number of ether oxygens (including phenoxy) is 5. The van der Waals surface area contributed by atoms with Crippen LogP contribution in [-0.2, 0) is 36.2 Å². The van der Waals surface area contributed by atoms with Crippen LogP contribution in [0.25, 0.3) is 0 Å². The summed E-state index contributed by atoms with van der Waals surface area (Å²) < 4.78 is 66.2. The molecule has 7 atom stereocenters. The molecule has 3 aliphatic rings. The van der Waals surface area contributed by atoms with Gasteiger partial charge in [0.05, 0.1) is 32.0 Å². The topological polar surface area (TPSA) is 114 Å². The van der Waals surface area contributed by atoms with Crippen molar-refractivity contribution in [3.63, 3.8) is 0 Å². The van der Waals surface area contributed by atoms with Gasteiger partial charge in [0.1, 0.15) is 24.1 Å². The second-order valence-electron chi connectivity index (χ2n) is 15.6. The molecule has 54 heavy (non-hydrogen) atoms. The van der Waals surface area contributed by atoms with E-state index in [-0.39, 0.29) is 23.7 Å². The van der Waals surface area contributed by atoms with Crippen LogP contribution in [0, 0.1) is 16.2 Å². The summed E-state index contributed by atoms with van der Waals surface area (Å²) in [7, 11) is 6.52. The summed E-state index contributed by atoms with van der Waals surface area (Å²) in [4.78, 5) is 0. The lowest BCUT2D eigenvalue weighted by Gasteiger charge is -2.51. The normalized spacial score (nSPS) is 29.5. The van der Waals surface area contributed by atoms with Gasteiger partial charge in [-0.2, -0.15) is 0 Å². The van der Waals surface area contributed by atoms with Gasteiger partial charge in [0.15, 0.2) is 0 Å². The van der Waals surface area contributed by atoms with Gasteiger partial charge in [-0.05, 0) is 61.4 Å². The van der Waals surface area contributed by atoms with E-state index in [2.05, 4.69) is 39.7 Å². The minimum absolute atomic E-state index is 0.00878. The molecule has 16 heteroatoms. The first-order chi connectivity index (χ1) is 27.0. The third kappa shape index (κ3) is 14.5. The Morgan fingerprint density at radius 1 is 0.722 bits per heavy atom. The lowest BCUT2D eigenvalue weighted by Crippen LogP contribution is -2.62. The summed E-state index contributed by atoms with van der Waals surface area (Å²) in [6, 6.07) is 0. The molecule has 0 aromatic carbocycles. The lowest BCUT2D eigenvalue weighted by molar-refractivity contribution is -0.358. The Labute approximate surface area is 347 Å². The lowest BCUT2D eigenvalue weighted by atomic mass is 9.77. The summed E-state index contributed by atoms with van der Waals surface area (Å²) >= 11 is 2.96. The molecule has 0 spiro atoms. The number of rotatable bonds is 23. The maximum atomic E-state index is 10.4. The molecule has 2 saturated heterocycles. The number of methoxy groups -OCH3 is 2. The smallest absolute Gasteiger partial charge is 0.209 e. The van der Waals surface area contributed by atoms with Crippen molar-refractivity contribution in [3.05, 3.63) is 49.8 Å². The fourth-order valence-electron chi connectivity index (χ4n) is 6.97. The zero-order valence-corrected chi connectivity index (χ0v) is 36.4. The monoisotopic (exact) mass is 819 g/mol. The fraction of sp³-hybridized carbons (Fsp3) is 0.789. The van der Waals surface area contributed by atoms with Crippen LogP contribution in [0.15, 0.2) is 49.8 Å². The van der Waals surface area contributed by atoms with Gasteiger partial charge in [0, 0.05) is 36.9 Å². The Hall–Kier alpha value is -0.355. The molecular formula is C38H68B3O10S3. The van der Waals surface area contributed by atoms with Crippen molar-refractivity contribution in [2.24, 2.45) is 16.2 Å². The summed E-state index contributed by atoms with van der Waals surface area (Å²) in [5.74, 6) is -1.22. The molecule has 10 nitrogen and oxygen atoms in total. The number of hydrogen-bond acceptors (Lipinski definition) is 13. The van der Waals surface area contributed by atoms with Crippen molar-refractivity contribution < 1.29 is 46.4 Å². The molecular weight excluding hydrogens is 745 g/mol. The highest BCUT2D eigenvalue weighted by Crippen LogP contribution is 2.46. The van der Waals surface area contributed by atoms with Crippen LogP contribution in [0.1, 0.15) is 99.3 Å². The van der Waals surface area contributed by atoms with E-state index in [0.29, 0.717) is 32.7 Å². The Kier molecular flexibility index (Phi) is 21.6. The van der Waals surface area contributed by atoms with Crippen LogP contribution in [0.2, 0.25) is 0 Å². The van der Waals surface area contributed by atoms with E-state index in [0.717, 1.165) is 101 Å². The van der Waals surface area contributed by atoms with E-state index < -0.39 is 34.6 Å². The predicted molar refractivity (Wildman–Crippen MR) is 230 cm³/mol. The Bertz CT molecular complexity index is 1140. The molecule has 2 fully saturated rings. The van der Waals surface area contributed by atoms with E-state index in [1.165, 1.54) is 7.09 Å². The Morgan fingerprint density at radius 3 is 1.52 bits per heavy atom. The Balaban J connectivity index is 0.000000429. The fourth-order valence-corrected chi connectivity index (χ4v) is 8.06. The molecule has 3 rings (SSSR count). The average molecular weight is 820 g/mol. The minimum atomic E-state index is -1.11. The number of hydrogen-bond donors (Lipinski definition) is 2. The van der Waals surface area contributed by atoms with Gasteiger partial charge < -0.3 is 46.4 Å². The van der Waals surface area contributed by atoms with Gasteiger partial charge in [-0.25, -0.2) is 0 Å². The van der Waals surface area contributed by atoms with Crippen molar-refractivity contribution in [3.8, 4) is 0 Å². The third-order valence-electron chi connectivity index (χ3n) is 10.1. The molecule has 2 N–H and O–H groups in total. The first-order valence-corrected chi connectivity index (χ1v) is 20.8. The predicted octanol–water partition coefficient (Wildman–Crippen LogP) is 7.04. The number of aliphatic hydroxyl groups is 2. The summed E-state index contributed by atoms with van der Waals surface area (Å²) in [5, 5.41) is 20.8. The Morgan fingerprint density at radius 2 is 1.13 bits per heavy atom. The van der Waals surface area contributed by atoms with E-state index in [1.54, 1.807) is 14.2 Å². The average Bonchev–Trinajstić information content (AvgIpc) is 3.17. The van der Waals surface area contributed by atoms with Gasteiger partial charge in [0.2, 0.25) is 32.8 Å². The van der Waals surface area contributed by atoms with Crippen LogP contribution in [0.5, 0.6) is 0 Å². The van der Waals surface area contributed by atoms with Crippen LogP contribution in [0.3, 0.4) is 0 Å². The molecule has 0 aliphatic carbocycles. The molecule has 0 bridgehead atoms. The third-order valence-corrected chi connectivity index (χ3v) is 10.9. The zero-order chi connectivity index (χ0) is 43.2. The van der Waals surface area contributed by atoms with Crippen molar-refractivity contribution in [2.75, 3.05) is 34.0 Å². The molecule has 3 heterocycles. The van der Waals surface area contributed by atoms with Gasteiger partial charge >= 0.3 is 0 Å². The van der Waals surface area contributed by atoms with E-state index >= 15 is 0 Å². The second-order valence-corrected chi connectivity index (χ2v) is 16.9.